The molecule has 182 valence electrons. The first-order chi connectivity index (χ1) is 16.5. The number of amides is 2. The fourth-order valence-electron chi connectivity index (χ4n) is 3.38. The number of carbonyl (C=O) groups excluding carboxylic acids is 2. The molecule has 4 aromatic rings. The van der Waals surface area contributed by atoms with Crippen molar-refractivity contribution in [1.82, 2.24) is 30.0 Å². The number of fused-ring (bicyclic) bond motifs is 1. The normalized spacial score (nSPS) is 12.5. The van der Waals surface area contributed by atoms with Crippen LogP contribution in [0.3, 0.4) is 0 Å². The maximum atomic E-state index is 13.1. The molecule has 35 heavy (non-hydrogen) atoms. The van der Waals surface area contributed by atoms with Crippen molar-refractivity contribution < 1.29 is 22.8 Å². The zero-order valence-corrected chi connectivity index (χ0v) is 20.0. The van der Waals surface area contributed by atoms with E-state index < -0.39 is 34.6 Å². The number of nitrogens with zero attached hydrogens (tertiary/aromatic N) is 5. The summed E-state index contributed by atoms with van der Waals surface area (Å²) >= 11 is 6.61. The minimum Gasteiger partial charge on any atom is -0.342 e. The first kappa shape index (κ1) is 24.5. The van der Waals surface area contributed by atoms with E-state index in [0.717, 1.165) is 23.5 Å². The summed E-state index contributed by atoms with van der Waals surface area (Å²) in [6.45, 7) is 3.43. The molecule has 3 heterocycles. The largest absolute Gasteiger partial charge is 0.417 e. The van der Waals surface area contributed by atoms with Crippen molar-refractivity contribution in [2.45, 2.75) is 26.1 Å². The number of nitrogens with one attached hydrogen (secondary N) is 2. The van der Waals surface area contributed by atoms with Crippen molar-refractivity contribution in [2.75, 3.05) is 5.32 Å². The molecule has 0 fully saturated rings. The Morgan fingerprint density at radius 3 is 2.63 bits per heavy atom. The minimum absolute atomic E-state index is 0.0670. The maximum Gasteiger partial charge on any atom is 0.417 e. The van der Waals surface area contributed by atoms with Gasteiger partial charge in [-0.15, -0.1) is 11.3 Å². The summed E-state index contributed by atoms with van der Waals surface area (Å²) in [5.41, 5.74) is 0.151. The second-order valence-corrected chi connectivity index (χ2v) is 9.00. The van der Waals surface area contributed by atoms with Gasteiger partial charge >= 0.3 is 6.18 Å². The summed E-state index contributed by atoms with van der Waals surface area (Å²) in [4.78, 5) is 38.0. The lowest BCUT2D eigenvalue weighted by molar-refractivity contribution is -0.137. The van der Waals surface area contributed by atoms with Gasteiger partial charge in [0.15, 0.2) is 5.65 Å². The van der Waals surface area contributed by atoms with Crippen LogP contribution in [0.2, 0.25) is 5.02 Å². The van der Waals surface area contributed by atoms with Gasteiger partial charge in [0.2, 0.25) is 0 Å². The highest BCUT2D eigenvalue weighted by Gasteiger charge is 2.33. The first-order valence-electron chi connectivity index (χ1n) is 10.0. The Morgan fingerprint density at radius 1 is 1.17 bits per heavy atom. The summed E-state index contributed by atoms with van der Waals surface area (Å²) < 4.78 is 40.7. The Balaban J connectivity index is 1.48. The fourth-order valence-corrected chi connectivity index (χ4v) is 4.42. The molecule has 0 aliphatic carbocycles. The minimum atomic E-state index is -4.66. The van der Waals surface area contributed by atoms with Crippen LogP contribution < -0.4 is 10.6 Å². The van der Waals surface area contributed by atoms with Crippen molar-refractivity contribution >= 4 is 51.5 Å². The number of aryl methyl sites for hydroxylation is 2. The van der Waals surface area contributed by atoms with E-state index in [9.17, 15) is 22.8 Å². The van der Waals surface area contributed by atoms with E-state index in [2.05, 4.69) is 30.7 Å². The predicted octanol–water partition coefficient (Wildman–Crippen LogP) is 4.54. The molecule has 0 bridgehead atoms. The standard InChI is InChI=1S/C21H17ClF3N7O2S/c1-9-15-16(27-8-28-17(15)32(3)31-9)19(34)29-10(2)20-26-7-14(35-20)18(33)30-11-4-5-13(22)12(6-11)21(23,24)25/h4-8,10H,1-3H3,(H,29,34)(H,30,33). The third kappa shape index (κ3) is 4.95. The van der Waals surface area contributed by atoms with Crippen molar-refractivity contribution in [3.05, 3.63) is 62.6 Å². The lowest BCUT2D eigenvalue weighted by Crippen LogP contribution is -2.27. The average molecular weight is 524 g/mol. The molecule has 1 atom stereocenters. The van der Waals surface area contributed by atoms with Gasteiger partial charge in [0.1, 0.15) is 21.9 Å². The molecular weight excluding hydrogens is 507 g/mol. The van der Waals surface area contributed by atoms with Crippen LogP contribution in [0.4, 0.5) is 18.9 Å². The van der Waals surface area contributed by atoms with Crippen LogP contribution in [0.15, 0.2) is 30.7 Å². The lowest BCUT2D eigenvalue weighted by Gasteiger charge is -2.12. The van der Waals surface area contributed by atoms with Crippen molar-refractivity contribution in [3.8, 4) is 0 Å². The molecule has 3 aromatic heterocycles. The smallest absolute Gasteiger partial charge is 0.342 e. The van der Waals surface area contributed by atoms with Crippen LogP contribution in [-0.4, -0.2) is 36.5 Å². The van der Waals surface area contributed by atoms with E-state index in [-0.39, 0.29) is 16.3 Å². The Bertz CT molecular complexity index is 1450. The molecule has 9 nitrogen and oxygen atoms in total. The molecule has 0 saturated carbocycles. The van der Waals surface area contributed by atoms with Crippen LogP contribution in [0, 0.1) is 6.92 Å². The second-order valence-electron chi connectivity index (χ2n) is 7.53. The van der Waals surface area contributed by atoms with Gasteiger partial charge < -0.3 is 10.6 Å². The number of aromatic nitrogens is 5. The second kappa shape index (κ2) is 9.23. The maximum absolute atomic E-state index is 13.1. The molecule has 0 saturated heterocycles. The quantitative estimate of drug-likeness (QED) is 0.397. The third-order valence-corrected chi connectivity index (χ3v) is 6.51. The number of anilines is 1. The van der Waals surface area contributed by atoms with Crippen LogP contribution >= 0.6 is 22.9 Å². The number of benzene rings is 1. The fraction of sp³-hybridized carbons (Fsp3) is 0.238. The van der Waals surface area contributed by atoms with Crippen LogP contribution in [0.1, 0.15) is 49.4 Å². The molecule has 1 unspecified atom stereocenters. The molecule has 2 amide bonds. The summed E-state index contributed by atoms with van der Waals surface area (Å²) in [7, 11) is 1.71. The summed E-state index contributed by atoms with van der Waals surface area (Å²) in [6, 6.07) is 2.50. The molecule has 2 N–H and O–H groups in total. The van der Waals surface area contributed by atoms with Crippen molar-refractivity contribution in [2.24, 2.45) is 7.05 Å². The third-order valence-electron chi connectivity index (χ3n) is 5.01. The van der Waals surface area contributed by atoms with Crippen LogP contribution in [-0.2, 0) is 13.2 Å². The van der Waals surface area contributed by atoms with Gasteiger partial charge in [-0.3, -0.25) is 14.3 Å². The highest BCUT2D eigenvalue weighted by molar-refractivity contribution is 7.13. The number of alkyl halides is 3. The Kier molecular flexibility index (Phi) is 6.47. The highest BCUT2D eigenvalue weighted by atomic mass is 35.5. The zero-order valence-electron chi connectivity index (χ0n) is 18.4. The molecule has 4 rings (SSSR count). The van der Waals surface area contributed by atoms with Gasteiger partial charge in [0, 0.05) is 12.7 Å². The van der Waals surface area contributed by atoms with E-state index in [1.165, 1.54) is 18.6 Å². The SMILES string of the molecule is Cc1nn(C)c2ncnc(C(=O)NC(C)c3ncc(C(=O)Nc4ccc(Cl)c(C(F)(F)F)c4)s3)c12. The highest BCUT2D eigenvalue weighted by Crippen LogP contribution is 2.36. The number of hydrogen-bond acceptors (Lipinski definition) is 7. The molecule has 14 heteroatoms. The number of carbonyl (C=O) groups is 2. The van der Waals surface area contributed by atoms with Crippen molar-refractivity contribution in [3.63, 3.8) is 0 Å². The average Bonchev–Trinajstić information content (AvgIpc) is 3.39. The lowest BCUT2D eigenvalue weighted by atomic mass is 10.2. The Morgan fingerprint density at radius 2 is 1.91 bits per heavy atom. The molecular formula is C21H17ClF3N7O2S. The van der Waals surface area contributed by atoms with E-state index in [4.69, 9.17) is 11.6 Å². The van der Waals surface area contributed by atoms with Crippen LogP contribution in [0.25, 0.3) is 11.0 Å². The molecule has 0 radical (unpaired) electrons. The Labute approximate surface area is 205 Å². The summed E-state index contributed by atoms with van der Waals surface area (Å²) in [6.07, 6.45) is -2.10. The number of rotatable bonds is 5. The molecule has 1 aromatic carbocycles. The van der Waals surface area contributed by atoms with E-state index >= 15 is 0 Å². The number of hydrogen-bond donors (Lipinski definition) is 2. The van der Waals surface area contributed by atoms with Gasteiger partial charge in [-0.25, -0.2) is 15.0 Å². The first-order valence-corrected chi connectivity index (χ1v) is 11.2. The van der Waals surface area contributed by atoms with E-state index in [0.29, 0.717) is 21.7 Å². The van der Waals surface area contributed by atoms with Crippen LogP contribution in [0.5, 0.6) is 0 Å². The zero-order chi connectivity index (χ0) is 25.5. The van der Waals surface area contributed by atoms with Gasteiger partial charge in [-0.2, -0.15) is 18.3 Å². The predicted molar refractivity (Wildman–Crippen MR) is 123 cm³/mol. The van der Waals surface area contributed by atoms with Gasteiger partial charge in [-0.1, -0.05) is 11.6 Å². The summed E-state index contributed by atoms with van der Waals surface area (Å²) in [5, 5.41) is 9.93. The molecule has 0 aliphatic heterocycles. The van der Waals surface area contributed by atoms with E-state index in [1.54, 1.807) is 25.6 Å². The molecule has 0 spiro atoms. The van der Waals surface area contributed by atoms with Gasteiger partial charge in [-0.05, 0) is 32.0 Å². The van der Waals surface area contributed by atoms with E-state index in [1.807, 2.05) is 0 Å². The number of halogens is 4. The monoisotopic (exact) mass is 523 g/mol. The van der Waals surface area contributed by atoms with Gasteiger partial charge in [0.25, 0.3) is 11.8 Å². The Hall–Kier alpha value is -3.58. The molecule has 0 aliphatic rings. The van der Waals surface area contributed by atoms with Gasteiger partial charge in [0.05, 0.1) is 33.9 Å². The summed E-state index contributed by atoms with van der Waals surface area (Å²) in [5.74, 6) is -1.12. The number of thiazole rings is 1. The topological polar surface area (TPSA) is 115 Å². The van der Waals surface area contributed by atoms with Crippen molar-refractivity contribution in [1.29, 1.82) is 0 Å².